The van der Waals surface area contributed by atoms with Gasteiger partial charge in [0, 0.05) is 36.9 Å². The largest absolute Gasteiger partial charge is 0.379 e. The van der Waals surface area contributed by atoms with Crippen molar-refractivity contribution in [1.29, 1.82) is 0 Å². The summed E-state index contributed by atoms with van der Waals surface area (Å²) in [6.45, 7) is 18.6. The van der Waals surface area contributed by atoms with Crippen molar-refractivity contribution in [3.8, 4) is 11.1 Å². The highest BCUT2D eigenvalue weighted by atomic mass is 35.5. The molecule has 0 amide bonds. The van der Waals surface area contributed by atoms with Crippen molar-refractivity contribution >= 4 is 30.5 Å². The van der Waals surface area contributed by atoms with E-state index in [0.29, 0.717) is 0 Å². The summed E-state index contributed by atoms with van der Waals surface area (Å²) in [6.07, 6.45) is 14.7. The molecule has 0 atom stereocenters. The summed E-state index contributed by atoms with van der Waals surface area (Å²) in [5.74, 6) is 0. The van der Waals surface area contributed by atoms with Gasteiger partial charge >= 0.3 is 0 Å². The van der Waals surface area contributed by atoms with Gasteiger partial charge in [-0.1, -0.05) is 135 Å². The zero-order valence-corrected chi connectivity index (χ0v) is 36.2. The summed E-state index contributed by atoms with van der Waals surface area (Å²) >= 11 is 5.61. The molecule has 4 fully saturated rings. The molecule has 8 rings (SSSR count). The molecule has 0 unspecified atom stereocenters. The Morgan fingerprint density at radius 2 is 1.07 bits per heavy atom. The van der Waals surface area contributed by atoms with E-state index < -0.39 is 0 Å². The van der Waals surface area contributed by atoms with Crippen molar-refractivity contribution in [2.75, 3.05) is 57.5 Å². The van der Waals surface area contributed by atoms with Crippen molar-refractivity contribution in [2.45, 2.75) is 110 Å². The van der Waals surface area contributed by atoms with E-state index in [2.05, 4.69) is 98.6 Å². The average molecular weight is 784 g/mol. The average Bonchev–Trinajstić information content (AvgIpc) is 3.22. The van der Waals surface area contributed by atoms with Gasteiger partial charge in [-0.05, 0) is 123 Å². The third-order valence-corrected chi connectivity index (χ3v) is 15.1. The van der Waals surface area contributed by atoms with Gasteiger partial charge in [0.05, 0.1) is 26.4 Å². The Balaban J connectivity index is 0.000000174. The van der Waals surface area contributed by atoms with Crippen molar-refractivity contribution in [1.82, 2.24) is 5.32 Å². The fourth-order valence-electron chi connectivity index (χ4n) is 8.55. The van der Waals surface area contributed by atoms with Gasteiger partial charge in [-0.25, -0.2) is 0 Å². The Bertz CT molecular complexity index is 1600. The molecule has 0 bridgehead atoms. The van der Waals surface area contributed by atoms with Gasteiger partial charge < -0.3 is 19.7 Å². The lowest BCUT2D eigenvalue weighted by Gasteiger charge is -2.40. The molecule has 0 radical (unpaired) electrons. The number of hydrogen-bond donors (Lipinski definition) is 1. The van der Waals surface area contributed by atoms with Gasteiger partial charge in [-0.2, -0.15) is 0 Å². The predicted octanol–water partition coefficient (Wildman–Crippen LogP) is 12.1. The molecule has 2 aliphatic carbocycles. The van der Waals surface area contributed by atoms with Crippen LogP contribution in [0.1, 0.15) is 92.0 Å². The maximum absolute atomic E-state index is 5.61. The first-order valence-electron chi connectivity index (χ1n) is 21.2. The number of benzene rings is 4. The smallest absolute Gasteiger partial charge is 0.0642 e. The van der Waals surface area contributed by atoms with Crippen LogP contribution < -0.4 is 15.5 Å². The number of morpholine rings is 2. The fraction of sp³-hybridized carbons (Fsp3) is 0.510. The van der Waals surface area contributed by atoms with Crippen molar-refractivity contribution in [3.05, 3.63) is 118 Å². The van der Waals surface area contributed by atoms with Gasteiger partial charge in [0.1, 0.15) is 0 Å². The molecule has 6 heteroatoms. The number of hydrogen-bond acceptors (Lipinski definition) is 4. The molecule has 55 heavy (non-hydrogen) atoms. The fourth-order valence-corrected chi connectivity index (χ4v) is 12.6. The minimum atomic E-state index is -0.0689. The quantitative estimate of drug-likeness (QED) is 0.204. The van der Waals surface area contributed by atoms with Crippen LogP contribution in [0, 0.1) is 34.6 Å². The van der Waals surface area contributed by atoms with Crippen molar-refractivity contribution in [3.63, 3.8) is 0 Å². The molecule has 4 nitrogen and oxygen atoms in total. The van der Waals surface area contributed by atoms with Crippen LogP contribution >= 0.6 is 19.5 Å². The minimum Gasteiger partial charge on any atom is -0.379 e. The minimum absolute atomic E-state index is 0.0689. The summed E-state index contributed by atoms with van der Waals surface area (Å²) in [5.41, 5.74) is 13.1. The normalized spacial score (nSPS) is 17.9. The topological polar surface area (TPSA) is 33.7 Å². The van der Waals surface area contributed by atoms with Crippen LogP contribution in [0.3, 0.4) is 0 Å². The van der Waals surface area contributed by atoms with Gasteiger partial charge in [0.2, 0.25) is 0 Å². The van der Waals surface area contributed by atoms with E-state index in [-0.39, 0.29) is 7.92 Å². The second-order valence-corrected chi connectivity index (χ2v) is 19.1. The molecule has 298 valence electrons. The van der Waals surface area contributed by atoms with E-state index in [1.54, 1.807) is 10.9 Å². The molecule has 4 aromatic carbocycles. The SMILES string of the molecule is C1COCCN1.Cc1cc(C)c(-c2ccccc2P(C2CCCCC2)C2CCCCC2)c(C)c1.Cc1ccc(Cl)cc1.Cc1ccc(N2CCOCC2)cc1. The number of ether oxygens (including phenoxy) is 2. The first-order chi connectivity index (χ1) is 26.8. The second kappa shape index (κ2) is 23.5. The molecule has 0 aromatic heterocycles. The van der Waals surface area contributed by atoms with Crippen LogP contribution in [0.2, 0.25) is 5.02 Å². The van der Waals surface area contributed by atoms with Gasteiger partial charge in [0.25, 0.3) is 0 Å². The van der Waals surface area contributed by atoms with E-state index in [4.69, 9.17) is 21.1 Å². The maximum Gasteiger partial charge on any atom is 0.0642 e. The number of nitrogens with one attached hydrogen (secondary N) is 1. The highest BCUT2D eigenvalue weighted by molar-refractivity contribution is 7.67. The van der Waals surface area contributed by atoms with Crippen LogP contribution in [0.5, 0.6) is 0 Å². The Hall–Kier alpha value is -2.72. The van der Waals surface area contributed by atoms with E-state index in [9.17, 15) is 0 Å². The van der Waals surface area contributed by atoms with Gasteiger partial charge in [-0.3, -0.25) is 0 Å². The van der Waals surface area contributed by atoms with Gasteiger partial charge in [0.15, 0.2) is 0 Å². The van der Waals surface area contributed by atoms with Crippen LogP contribution in [0.25, 0.3) is 11.1 Å². The van der Waals surface area contributed by atoms with Crippen molar-refractivity contribution < 1.29 is 9.47 Å². The third kappa shape index (κ3) is 14.0. The maximum atomic E-state index is 5.61. The highest BCUT2D eigenvalue weighted by Gasteiger charge is 2.34. The zero-order valence-electron chi connectivity index (χ0n) is 34.6. The lowest BCUT2D eigenvalue weighted by Crippen LogP contribution is -2.36. The van der Waals surface area contributed by atoms with E-state index in [1.807, 2.05) is 31.2 Å². The standard InChI is InChI=1S/C27H37P.C11H15NO.C7H7Cl.C4H9NO/c1-20-18-21(2)27(22(3)19-20)25-16-10-11-17-26(25)28(23-12-6-4-7-13-23)24-14-8-5-9-15-24;1-10-2-4-11(5-3-10)12-6-8-13-9-7-12;1-6-2-4-7(8)5-3-6;1-3-6-4-2-5-1/h10-11,16-19,23-24H,4-9,12-15H2,1-3H3;2-5H,6-9H2,1H3;2-5H,1H3;5H,1-4H2. The summed E-state index contributed by atoms with van der Waals surface area (Å²) in [7, 11) is -0.0689. The number of rotatable bonds is 5. The zero-order chi connectivity index (χ0) is 38.8. The lowest BCUT2D eigenvalue weighted by atomic mass is 9.94. The Morgan fingerprint density at radius 1 is 0.582 bits per heavy atom. The van der Waals surface area contributed by atoms with Crippen LogP contribution in [0.4, 0.5) is 5.69 Å². The monoisotopic (exact) mass is 782 g/mol. The summed E-state index contributed by atoms with van der Waals surface area (Å²) in [6, 6.07) is 30.7. The summed E-state index contributed by atoms with van der Waals surface area (Å²) in [5, 5.41) is 5.69. The molecule has 4 aliphatic rings. The molecule has 0 spiro atoms. The lowest BCUT2D eigenvalue weighted by molar-refractivity contribution is 0.109. The Morgan fingerprint density at radius 3 is 1.55 bits per heavy atom. The Kier molecular flexibility index (Phi) is 18.5. The third-order valence-electron chi connectivity index (χ3n) is 11.3. The summed E-state index contributed by atoms with van der Waals surface area (Å²) in [4.78, 5) is 2.36. The molecule has 2 aliphatic heterocycles. The molecule has 2 heterocycles. The first-order valence-corrected chi connectivity index (χ1v) is 23.0. The number of aryl methyl sites for hydroxylation is 5. The predicted molar refractivity (Wildman–Crippen MR) is 240 cm³/mol. The van der Waals surface area contributed by atoms with Crippen LogP contribution in [0.15, 0.2) is 84.9 Å². The van der Waals surface area contributed by atoms with Crippen LogP contribution in [-0.2, 0) is 9.47 Å². The number of nitrogens with zero attached hydrogens (tertiary/aromatic N) is 1. The van der Waals surface area contributed by atoms with E-state index in [0.717, 1.165) is 68.9 Å². The molecule has 4 aromatic rings. The van der Waals surface area contributed by atoms with Gasteiger partial charge in [-0.15, -0.1) is 0 Å². The Labute approximate surface area is 340 Å². The molecule has 2 saturated heterocycles. The van der Waals surface area contributed by atoms with Crippen LogP contribution in [-0.4, -0.2) is 63.9 Å². The molecular weight excluding hydrogens is 715 g/mol. The van der Waals surface area contributed by atoms with Crippen molar-refractivity contribution in [2.24, 2.45) is 0 Å². The molecule has 1 N–H and O–H groups in total. The van der Waals surface area contributed by atoms with E-state index >= 15 is 0 Å². The molecule has 2 saturated carbocycles. The number of anilines is 1. The highest BCUT2D eigenvalue weighted by Crippen LogP contribution is 2.56. The second-order valence-electron chi connectivity index (χ2n) is 15.9. The number of halogens is 1. The molecular formula is C49H68ClN2O2P. The first kappa shape index (κ1) is 43.4. The summed E-state index contributed by atoms with van der Waals surface area (Å²) < 4.78 is 10.3. The van der Waals surface area contributed by atoms with E-state index in [1.165, 1.54) is 103 Å².